The molecule has 6 nitrogen and oxygen atoms in total. The minimum absolute atomic E-state index is 0.0251. The smallest absolute Gasteiger partial charge is 0.222 e. The van der Waals surface area contributed by atoms with Crippen LogP contribution in [-0.2, 0) is 20.7 Å². The molecule has 0 saturated carbocycles. The van der Waals surface area contributed by atoms with Gasteiger partial charge in [0.05, 0.1) is 19.8 Å². The maximum Gasteiger partial charge on any atom is 0.222 e. The highest BCUT2D eigenvalue weighted by molar-refractivity contribution is 5.80. The van der Waals surface area contributed by atoms with Gasteiger partial charge in [0.25, 0.3) is 0 Å². The molecule has 0 unspecified atom stereocenters. The second-order valence-electron chi connectivity index (χ2n) is 7.48. The Morgan fingerprint density at radius 3 is 2.93 bits per heavy atom. The third kappa shape index (κ3) is 4.58. The molecule has 2 heterocycles. The Bertz CT molecular complexity index is 705. The number of methoxy groups -OCH3 is 1. The first-order chi connectivity index (χ1) is 12.9. The molecule has 148 valence electrons. The average molecular weight is 378 g/mol. The van der Waals surface area contributed by atoms with Crippen LogP contribution in [0, 0.1) is 5.82 Å². The molecule has 1 aromatic rings. The maximum atomic E-state index is 14.3. The van der Waals surface area contributed by atoms with Gasteiger partial charge in [-0.05, 0) is 49.4 Å². The van der Waals surface area contributed by atoms with E-state index in [0.29, 0.717) is 56.6 Å². The Labute approximate surface area is 159 Å². The van der Waals surface area contributed by atoms with Gasteiger partial charge in [-0.1, -0.05) is 0 Å². The van der Waals surface area contributed by atoms with Crippen LogP contribution in [0.5, 0.6) is 5.75 Å². The molecule has 2 atom stereocenters. The van der Waals surface area contributed by atoms with E-state index in [9.17, 15) is 14.0 Å². The molecular weight excluding hydrogens is 351 g/mol. The van der Waals surface area contributed by atoms with Crippen molar-refractivity contribution in [3.05, 3.63) is 29.6 Å². The largest absolute Gasteiger partial charge is 0.497 e. The first kappa shape index (κ1) is 19.6. The Hall–Kier alpha value is -2.15. The molecule has 2 fully saturated rings. The van der Waals surface area contributed by atoms with Gasteiger partial charge in [0, 0.05) is 32.0 Å². The monoisotopic (exact) mass is 378 g/mol. The average Bonchev–Trinajstić information content (AvgIpc) is 3.31. The lowest BCUT2D eigenvalue weighted by Crippen LogP contribution is -2.45. The third-order valence-electron chi connectivity index (χ3n) is 5.68. The molecule has 2 amide bonds. The van der Waals surface area contributed by atoms with Gasteiger partial charge in [-0.25, -0.2) is 4.39 Å². The van der Waals surface area contributed by atoms with Gasteiger partial charge in [0.1, 0.15) is 11.6 Å². The van der Waals surface area contributed by atoms with E-state index in [2.05, 4.69) is 5.32 Å². The van der Waals surface area contributed by atoms with Crippen molar-refractivity contribution in [3.8, 4) is 5.75 Å². The molecular formula is C20H27FN2O4. The fraction of sp³-hybridized carbons (Fsp3) is 0.600. The summed E-state index contributed by atoms with van der Waals surface area (Å²) in [6.45, 7) is 1.25. The Morgan fingerprint density at radius 1 is 1.48 bits per heavy atom. The van der Waals surface area contributed by atoms with E-state index < -0.39 is 5.54 Å². The van der Waals surface area contributed by atoms with E-state index in [1.54, 1.807) is 24.1 Å². The summed E-state index contributed by atoms with van der Waals surface area (Å²) in [7, 11) is 3.33. The summed E-state index contributed by atoms with van der Waals surface area (Å²) < 4.78 is 24.8. The summed E-state index contributed by atoms with van der Waals surface area (Å²) in [4.78, 5) is 26.2. The summed E-state index contributed by atoms with van der Waals surface area (Å²) in [5, 5.41) is 3.00. The van der Waals surface area contributed by atoms with E-state index in [0.717, 1.165) is 6.42 Å². The molecule has 27 heavy (non-hydrogen) atoms. The lowest BCUT2D eigenvalue weighted by atomic mass is 9.84. The molecule has 0 bridgehead atoms. The lowest BCUT2D eigenvalue weighted by Gasteiger charge is -2.31. The minimum Gasteiger partial charge on any atom is -0.497 e. The van der Waals surface area contributed by atoms with Crippen molar-refractivity contribution < 1.29 is 23.5 Å². The van der Waals surface area contributed by atoms with E-state index in [1.807, 2.05) is 0 Å². The van der Waals surface area contributed by atoms with Crippen molar-refractivity contribution in [1.82, 2.24) is 10.2 Å². The van der Waals surface area contributed by atoms with Gasteiger partial charge < -0.3 is 19.7 Å². The van der Waals surface area contributed by atoms with Crippen molar-refractivity contribution in [2.75, 3.05) is 27.4 Å². The SMILES string of the molecule is COc1ccc(F)c(C[C@@]2(CCC(=O)N(C)[C@@H]3CCOC3)CCC(=O)N2)c1. The summed E-state index contributed by atoms with van der Waals surface area (Å²) in [6, 6.07) is 4.71. The van der Waals surface area contributed by atoms with Gasteiger partial charge in [-0.2, -0.15) is 0 Å². The summed E-state index contributed by atoms with van der Waals surface area (Å²) in [6.07, 6.45) is 2.95. The highest BCUT2D eigenvalue weighted by Crippen LogP contribution is 2.32. The van der Waals surface area contributed by atoms with E-state index >= 15 is 0 Å². The van der Waals surface area contributed by atoms with Gasteiger partial charge in [-0.15, -0.1) is 0 Å². The normalized spacial score (nSPS) is 24.7. The fourth-order valence-corrected chi connectivity index (χ4v) is 3.91. The van der Waals surface area contributed by atoms with Crippen molar-refractivity contribution in [3.63, 3.8) is 0 Å². The van der Waals surface area contributed by atoms with Gasteiger partial charge >= 0.3 is 0 Å². The molecule has 0 spiro atoms. The van der Waals surface area contributed by atoms with E-state index in [-0.39, 0.29) is 23.7 Å². The zero-order valence-electron chi connectivity index (χ0n) is 15.9. The standard InChI is InChI=1S/C20H27FN2O4/c1-23(15-7-10-27-13-15)19(25)6-9-20(8-5-18(24)22-20)12-14-11-16(26-2)3-4-17(14)21/h3-4,11,15H,5-10,12-13H2,1-2H3,(H,22,24)/t15-,20+/m1/s1. The predicted molar refractivity (Wildman–Crippen MR) is 98.0 cm³/mol. The van der Waals surface area contributed by atoms with Crippen molar-refractivity contribution >= 4 is 11.8 Å². The predicted octanol–water partition coefficient (Wildman–Crippen LogP) is 2.05. The number of benzene rings is 1. The van der Waals surface area contributed by atoms with E-state index in [4.69, 9.17) is 9.47 Å². The molecule has 7 heteroatoms. The number of carbonyl (C=O) groups excluding carboxylic acids is 2. The first-order valence-corrected chi connectivity index (χ1v) is 9.39. The molecule has 0 aromatic heterocycles. The van der Waals surface area contributed by atoms with Crippen molar-refractivity contribution in [1.29, 1.82) is 0 Å². The number of rotatable bonds is 7. The summed E-state index contributed by atoms with van der Waals surface area (Å²) in [5.41, 5.74) is -0.117. The molecule has 0 radical (unpaired) electrons. The number of amides is 2. The van der Waals surface area contributed by atoms with Gasteiger partial charge in [0.15, 0.2) is 0 Å². The Balaban J connectivity index is 1.70. The highest BCUT2D eigenvalue weighted by atomic mass is 19.1. The summed E-state index contributed by atoms with van der Waals surface area (Å²) >= 11 is 0. The third-order valence-corrected chi connectivity index (χ3v) is 5.68. The van der Waals surface area contributed by atoms with Crippen LogP contribution >= 0.6 is 0 Å². The number of nitrogens with zero attached hydrogens (tertiary/aromatic N) is 1. The van der Waals surface area contributed by atoms with Crippen LogP contribution in [0.4, 0.5) is 4.39 Å². The maximum absolute atomic E-state index is 14.3. The molecule has 3 rings (SSSR count). The number of halogens is 1. The second kappa shape index (κ2) is 8.25. The highest BCUT2D eigenvalue weighted by Gasteiger charge is 2.39. The second-order valence-corrected chi connectivity index (χ2v) is 7.48. The fourth-order valence-electron chi connectivity index (χ4n) is 3.91. The van der Waals surface area contributed by atoms with Crippen molar-refractivity contribution in [2.45, 2.75) is 50.1 Å². The molecule has 2 saturated heterocycles. The van der Waals surface area contributed by atoms with Crippen LogP contribution in [0.15, 0.2) is 18.2 Å². The molecule has 2 aliphatic heterocycles. The summed E-state index contributed by atoms with van der Waals surface area (Å²) in [5.74, 6) is 0.214. The zero-order valence-corrected chi connectivity index (χ0v) is 15.9. The first-order valence-electron chi connectivity index (χ1n) is 9.39. The van der Waals surface area contributed by atoms with Crippen LogP contribution < -0.4 is 10.1 Å². The number of hydrogen-bond acceptors (Lipinski definition) is 4. The molecule has 1 aromatic carbocycles. The van der Waals surface area contributed by atoms with Crippen LogP contribution in [0.3, 0.4) is 0 Å². The van der Waals surface area contributed by atoms with Crippen LogP contribution in [0.1, 0.15) is 37.7 Å². The number of carbonyl (C=O) groups is 2. The lowest BCUT2D eigenvalue weighted by molar-refractivity contribution is -0.132. The van der Waals surface area contributed by atoms with Crippen LogP contribution in [0.2, 0.25) is 0 Å². The topological polar surface area (TPSA) is 67.9 Å². The van der Waals surface area contributed by atoms with E-state index in [1.165, 1.54) is 13.2 Å². The van der Waals surface area contributed by atoms with Crippen LogP contribution in [0.25, 0.3) is 0 Å². The molecule has 2 aliphatic rings. The van der Waals surface area contributed by atoms with Gasteiger partial charge in [0.2, 0.25) is 11.8 Å². The Morgan fingerprint density at radius 2 is 2.30 bits per heavy atom. The minimum atomic E-state index is -0.604. The number of likely N-dealkylation sites (N-methyl/N-ethyl adjacent to an activating group) is 1. The number of nitrogens with one attached hydrogen (secondary N) is 1. The van der Waals surface area contributed by atoms with Crippen LogP contribution in [-0.4, -0.2) is 55.7 Å². The number of ether oxygens (including phenoxy) is 2. The molecule has 1 N–H and O–H groups in total. The quantitative estimate of drug-likeness (QED) is 0.789. The number of hydrogen-bond donors (Lipinski definition) is 1. The Kier molecular flexibility index (Phi) is 5.99. The zero-order chi connectivity index (χ0) is 19.4. The molecule has 0 aliphatic carbocycles. The van der Waals surface area contributed by atoms with Crippen molar-refractivity contribution in [2.24, 2.45) is 0 Å². The van der Waals surface area contributed by atoms with Gasteiger partial charge in [-0.3, -0.25) is 9.59 Å².